The highest BCUT2D eigenvalue weighted by molar-refractivity contribution is 6.30. The second kappa shape index (κ2) is 9.01. The molecule has 28 heavy (non-hydrogen) atoms. The van der Waals surface area contributed by atoms with Gasteiger partial charge in [0.2, 0.25) is 0 Å². The average Bonchev–Trinajstić information content (AvgIpc) is 2.70. The van der Waals surface area contributed by atoms with E-state index < -0.39 is 11.7 Å². The standard InChI is InChI=1S/C21H26ClN3O3/c1-2-24(13-16-7-10-23-11-8-16)15-21(28)9-12-25(14-19(21)26)20(27)17-3-5-18(22)6-4-17/h3-8,10-11,19,26,28H,2,9,12-15H2,1H3/t19-,21-/m0/s1. The Morgan fingerprint density at radius 1 is 1.29 bits per heavy atom. The molecule has 1 saturated heterocycles. The number of piperidine rings is 1. The van der Waals surface area contributed by atoms with Crippen LogP contribution in [-0.4, -0.2) is 68.8 Å². The topological polar surface area (TPSA) is 76.9 Å². The maximum Gasteiger partial charge on any atom is 0.253 e. The number of likely N-dealkylation sites (N-methyl/N-ethyl adjacent to an activating group) is 1. The van der Waals surface area contributed by atoms with Crippen LogP contribution in [0.25, 0.3) is 0 Å². The molecule has 1 amide bonds. The van der Waals surface area contributed by atoms with Crippen LogP contribution in [0.1, 0.15) is 29.3 Å². The first-order chi connectivity index (χ1) is 13.4. The lowest BCUT2D eigenvalue weighted by molar-refractivity contribution is -0.126. The molecule has 0 bridgehead atoms. The number of aliphatic hydroxyl groups is 2. The van der Waals surface area contributed by atoms with E-state index in [1.807, 2.05) is 19.1 Å². The van der Waals surface area contributed by atoms with Crippen molar-refractivity contribution in [2.24, 2.45) is 0 Å². The van der Waals surface area contributed by atoms with Crippen molar-refractivity contribution >= 4 is 17.5 Å². The molecule has 0 spiro atoms. The first kappa shape index (κ1) is 20.7. The second-order valence-electron chi connectivity index (χ2n) is 7.29. The number of hydrogen-bond acceptors (Lipinski definition) is 5. The third-order valence-electron chi connectivity index (χ3n) is 5.31. The smallest absolute Gasteiger partial charge is 0.253 e. The fraction of sp³-hybridized carbons (Fsp3) is 0.429. The van der Waals surface area contributed by atoms with Crippen LogP contribution in [0, 0.1) is 0 Å². The summed E-state index contributed by atoms with van der Waals surface area (Å²) < 4.78 is 0. The van der Waals surface area contributed by atoms with Crippen molar-refractivity contribution in [2.45, 2.75) is 31.6 Å². The van der Waals surface area contributed by atoms with E-state index in [-0.39, 0.29) is 12.5 Å². The summed E-state index contributed by atoms with van der Waals surface area (Å²) >= 11 is 5.88. The molecular weight excluding hydrogens is 378 g/mol. The Kier molecular flexibility index (Phi) is 6.67. The molecule has 7 heteroatoms. The first-order valence-corrected chi connectivity index (χ1v) is 9.85. The zero-order chi connectivity index (χ0) is 20.1. The molecule has 2 N–H and O–H groups in total. The van der Waals surface area contributed by atoms with E-state index >= 15 is 0 Å². The van der Waals surface area contributed by atoms with Crippen molar-refractivity contribution in [3.8, 4) is 0 Å². The SMILES string of the molecule is CCN(Cc1ccncc1)C[C@@]1(O)CCN(C(=O)c2ccc(Cl)cc2)C[C@@H]1O. The highest BCUT2D eigenvalue weighted by Crippen LogP contribution is 2.26. The number of halogens is 1. The molecule has 1 aliphatic rings. The minimum atomic E-state index is -1.25. The molecule has 1 aromatic heterocycles. The van der Waals surface area contributed by atoms with Crippen molar-refractivity contribution in [1.82, 2.24) is 14.8 Å². The predicted molar refractivity (Wildman–Crippen MR) is 108 cm³/mol. The van der Waals surface area contributed by atoms with Crippen molar-refractivity contribution in [3.63, 3.8) is 0 Å². The number of carbonyl (C=O) groups is 1. The molecule has 150 valence electrons. The van der Waals surface area contributed by atoms with Gasteiger partial charge in [-0.3, -0.25) is 14.7 Å². The van der Waals surface area contributed by atoms with Crippen molar-refractivity contribution in [3.05, 3.63) is 64.9 Å². The van der Waals surface area contributed by atoms with Crippen LogP contribution in [0.3, 0.4) is 0 Å². The number of pyridine rings is 1. The van der Waals surface area contributed by atoms with Crippen LogP contribution in [0.15, 0.2) is 48.8 Å². The molecule has 2 atom stereocenters. The number of nitrogens with zero attached hydrogens (tertiary/aromatic N) is 3. The van der Waals surface area contributed by atoms with Gasteiger partial charge in [-0.1, -0.05) is 18.5 Å². The molecule has 2 heterocycles. The minimum Gasteiger partial charge on any atom is -0.388 e. The van der Waals surface area contributed by atoms with Gasteiger partial charge in [-0.15, -0.1) is 0 Å². The lowest BCUT2D eigenvalue weighted by Gasteiger charge is -2.44. The minimum absolute atomic E-state index is 0.102. The van der Waals surface area contributed by atoms with E-state index in [1.54, 1.807) is 41.6 Å². The summed E-state index contributed by atoms with van der Waals surface area (Å²) in [4.78, 5) is 20.4. The summed E-state index contributed by atoms with van der Waals surface area (Å²) in [5.41, 5.74) is 0.375. The predicted octanol–water partition coefficient (Wildman–Crippen LogP) is 2.20. The largest absolute Gasteiger partial charge is 0.388 e. The van der Waals surface area contributed by atoms with Gasteiger partial charge in [-0.25, -0.2) is 0 Å². The number of aromatic nitrogens is 1. The monoisotopic (exact) mass is 403 g/mol. The van der Waals surface area contributed by atoms with Crippen LogP contribution in [0.2, 0.25) is 5.02 Å². The number of amides is 1. The molecule has 3 rings (SSSR count). The summed E-state index contributed by atoms with van der Waals surface area (Å²) in [6.45, 7) is 4.27. The second-order valence-corrected chi connectivity index (χ2v) is 7.72. The van der Waals surface area contributed by atoms with Gasteiger partial charge < -0.3 is 15.1 Å². The summed E-state index contributed by atoms with van der Waals surface area (Å²) in [7, 11) is 0. The average molecular weight is 404 g/mol. The summed E-state index contributed by atoms with van der Waals surface area (Å²) in [6, 6.07) is 10.6. The number of aliphatic hydroxyl groups excluding tert-OH is 1. The summed E-state index contributed by atoms with van der Waals surface area (Å²) in [5, 5.41) is 22.3. The van der Waals surface area contributed by atoms with Crippen molar-refractivity contribution < 1.29 is 15.0 Å². The maximum atomic E-state index is 12.7. The molecule has 2 aromatic rings. The number of benzene rings is 1. The number of hydrogen-bond donors (Lipinski definition) is 2. The molecule has 0 radical (unpaired) electrons. The Labute approximate surface area is 170 Å². The van der Waals surface area contributed by atoms with E-state index in [0.29, 0.717) is 36.6 Å². The zero-order valence-corrected chi connectivity index (χ0v) is 16.7. The fourth-order valence-electron chi connectivity index (χ4n) is 3.52. The third-order valence-corrected chi connectivity index (χ3v) is 5.56. The lowest BCUT2D eigenvalue weighted by Crippen LogP contribution is -2.61. The van der Waals surface area contributed by atoms with Crippen LogP contribution >= 0.6 is 11.6 Å². The van der Waals surface area contributed by atoms with Crippen LogP contribution < -0.4 is 0 Å². The number of carbonyl (C=O) groups excluding carboxylic acids is 1. The van der Waals surface area contributed by atoms with Gasteiger partial charge in [0.1, 0.15) is 11.7 Å². The fourth-order valence-corrected chi connectivity index (χ4v) is 3.65. The van der Waals surface area contributed by atoms with Gasteiger partial charge >= 0.3 is 0 Å². The molecule has 0 unspecified atom stereocenters. The van der Waals surface area contributed by atoms with Gasteiger partial charge in [0.25, 0.3) is 5.91 Å². The van der Waals surface area contributed by atoms with Crippen LogP contribution in [0.5, 0.6) is 0 Å². The quantitative estimate of drug-likeness (QED) is 0.773. The molecule has 0 aliphatic carbocycles. The van der Waals surface area contributed by atoms with Gasteiger partial charge in [-0.2, -0.15) is 0 Å². The van der Waals surface area contributed by atoms with E-state index in [0.717, 1.165) is 12.1 Å². The van der Waals surface area contributed by atoms with Gasteiger partial charge in [-0.05, 0) is 54.9 Å². The Morgan fingerprint density at radius 3 is 2.57 bits per heavy atom. The number of likely N-dealkylation sites (tertiary alicyclic amines) is 1. The molecule has 1 aliphatic heterocycles. The summed E-state index contributed by atoms with van der Waals surface area (Å²) in [6.07, 6.45) is 2.80. The van der Waals surface area contributed by atoms with E-state index in [1.165, 1.54) is 0 Å². The number of rotatable bonds is 6. The maximum absolute atomic E-state index is 12.7. The molecule has 6 nitrogen and oxygen atoms in total. The zero-order valence-electron chi connectivity index (χ0n) is 16.0. The molecule has 0 saturated carbocycles. The van der Waals surface area contributed by atoms with Gasteiger partial charge in [0.05, 0.1) is 0 Å². The highest BCUT2D eigenvalue weighted by Gasteiger charge is 2.42. The lowest BCUT2D eigenvalue weighted by atomic mass is 9.87. The third kappa shape index (κ3) is 4.89. The molecule has 1 aromatic carbocycles. The van der Waals surface area contributed by atoms with Crippen LogP contribution in [0.4, 0.5) is 0 Å². The number of β-amino-alcohol motifs (C(OH)–C–C–N with tert-alkyl or cyclic N) is 1. The Balaban J connectivity index is 1.62. The van der Waals surface area contributed by atoms with Crippen molar-refractivity contribution in [2.75, 3.05) is 26.2 Å². The summed E-state index contributed by atoms with van der Waals surface area (Å²) in [5.74, 6) is -0.165. The molecular formula is C21H26ClN3O3. The Morgan fingerprint density at radius 2 is 1.96 bits per heavy atom. The molecule has 1 fully saturated rings. The normalized spacial score (nSPS) is 22.5. The van der Waals surface area contributed by atoms with Gasteiger partial charge in [0, 0.05) is 49.2 Å². The highest BCUT2D eigenvalue weighted by atomic mass is 35.5. The van der Waals surface area contributed by atoms with E-state index in [9.17, 15) is 15.0 Å². The van der Waals surface area contributed by atoms with Crippen LogP contribution in [-0.2, 0) is 6.54 Å². The Hall–Kier alpha value is -1.99. The van der Waals surface area contributed by atoms with Gasteiger partial charge in [0.15, 0.2) is 0 Å². The van der Waals surface area contributed by atoms with Crippen molar-refractivity contribution in [1.29, 1.82) is 0 Å². The van der Waals surface area contributed by atoms with E-state index in [2.05, 4.69) is 9.88 Å². The van der Waals surface area contributed by atoms with E-state index in [4.69, 9.17) is 11.6 Å². The first-order valence-electron chi connectivity index (χ1n) is 9.48. The Bertz CT molecular complexity index is 787.